The van der Waals surface area contributed by atoms with Crippen LogP contribution in [0.4, 0.5) is 0 Å². The van der Waals surface area contributed by atoms with Crippen molar-refractivity contribution >= 4 is 0 Å². The Kier molecular flexibility index (Phi) is 3.68. The van der Waals surface area contributed by atoms with Crippen LogP contribution in [0, 0.1) is 17.8 Å². The summed E-state index contributed by atoms with van der Waals surface area (Å²) in [5, 5.41) is 11.3. The molecule has 4 unspecified atom stereocenters. The van der Waals surface area contributed by atoms with E-state index in [2.05, 4.69) is 13.8 Å². The molecule has 19 heavy (non-hydrogen) atoms. The minimum absolute atomic E-state index is 0.138. The first-order chi connectivity index (χ1) is 9.06. The fraction of sp³-hybridized carbons (Fsp3) is 1.00. The highest BCUT2D eigenvalue weighted by Gasteiger charge is 2.50. The lowest BCUT2D eigenvalue weighted by molar-refractivity contribution is -0.172. The van der Waals surface area contributed by atoms with E-state index in [1.807, 2.05) is 0 Å². The third kappa shape index (κ3) is 2.35. The standard InChI is InChI=1S/C17H30O2/c1-13-6-5-10-17(18,14(13)2)15-7-11-19-16(12-15)8-3-4-9-16/h13-15,18H,3-12H2,1-2H3. The maximum atomic E-state index is 11.3. The smallest absolute Gasteiger partial charge is 0.0705 e. The summed E-state index contributed by atoms with van der Waals surface area (Å²) in [5.41, 5.74) is -0.282. The van der Waals surface area contributed by atoms with E-state index < -0.39 is 5.60 Å². The van der Waals surface area contributed by atoms with Crippen molar-refractivity contribution < 1.29 is 9.84 Å². The second kappa shape index (κ2) is 5.04. The van der Waals surface area contributed by atoms with Crippen molar-refractivity contribution in [3.8, 4) is 0 Å². The van der Waals surface area contributed by atoms with E-state index in [9.17, 15) is 5.11 Å². The molecule has 3 rings (SSSR count). The Labute approximate surface area is 117 Å². The van der Waals surface area contributed by atoms with Gasteiger partial charge in [0.2, 0.25) is 0 Å². The first kappa shape index (κ1) is 13.9. The van der Waals surface area contributed by atoms with Gasteiger partial charge in [-0.1, -0.05) is 39.5 Å². The Balaban J connectivity index is 1.76. The molecule has 1 aliphatic heterocycles. The summed E-state index contributed by atoms with van der Waals surface area (Å²) in [4.78, 5) is 0. The Morgan fingerprint density at radius 2 is 1.74 bits per heavy atom. The number of hydrogen-bond acceptors (Lipinski definition) is 2. The third-order valence-corrected chi connectivity index (χ3v) is 6.59. The zero-order chi connectivity index (χ0) is 13.5. The van der Waals surface area contributed by atoms with Gasteiger partial charge in [0.25, 0.3) is 0 Å². The fourth-order valence-electron chi connectivity index (χ4n) is 5.08. The van der Waals surface area contributed by atoms with Crippen LogP contribution in [0.2, 0.25) is 0 Å². The van der Waals surface area contributed by atoms with Crippen molar-refractivity contribution in [2.45, 2.75) is 82.8 Å². The summed E-state index contributed by atoms with van der Waals surface area (Å²) in [6, 6.07) is 0. The van der Waals surface area contributed by atoms with Crippen LogP contribution in [0.5, 0.6) is 0 Å². The predicted molar refractivity (Wildman–Crippen MR) is 77.0 cm³/mol. The lowest BCUT2D eigenvalue weighted by Crippen LogP contribution is -2.53. The van der Waals surface area contributed by atoms with E-state index in [1.54, 1.807) is 0 Å². The molecule has 1 N–H and O–H groups in total. The van der Waals surface area contributed by atoms with Gasteiger partial charge in [0.05, 0.1) is 11.2 Å². The lowest BCUT2D eigenvalue weighted by Gasteiger charge is -2.51. The van der Waals surface area contributed by atoms with Gasteiger partial charge in [0, 0.05) is 6.61 Å². The Morgan fingerprint density at radius 3 is 2.47 bits per heavy atom. The van der Waals surface area contributed by atoms with Crippen molar-refractivity contribution in [1.29, 1.82) is 0 Å². The maximum absolute atomic E-state index is 11.3. The van der Waals surface area contributed by atoms with Gasteiger partial charge >= 0.3 is 0 Å². The molecule has 2 heteroatoms. The van der Waals surface area contributed by atoms with E-state index >= 15 is 0 Å². The highest BCUT2D eigenvalue weighted by Crippen LogP contribution is 2.50. The van der Waals surface area contributed by atoms with Crippen LogP contribution in [-0.4, -0.2) is 22.9 Å². The van der Waals surface area contributed by atoms with Crippen molar-refractivity contribution in [3.63, 3.8) is 0 Å². The molecule has 2 aliphatic carbocycles. The largest absolute Gasteiger partial charge is 0.389 e. The molecule has 110 valence electrons. The first-order valence-electron chi connectivity index (χ1n) is 8.42. The van der Waals surface area contributed by atoms with E-state index in [4.69, 9.17) is 4.74 Å². The summed E-state index contributed by atoms with van der Waals surface area (Å²) >= 11 is 0. The summed E-state index contributed by atoms with van der Waals surface area (Å²) in [6.07, 6.45) is 10.8. The molecule has 3 aliphatic rings. The zero-order valence-corrected chi connectivity index (χ0v) is 12.7. The van der Waals surface area contributed by atoms with Crippen molar-refractivity contribution in [1.82, 2.24) is 0 Å². The molecule has 1 heterocycles. The first-order valence-corrected chi connectivity index (χ1v) is 8.42. The summed E-state index contributed by atoms with van der Waals surface area (Å²) in [5.74, 6) is 1.58. The van der Waals surface area contributed by atoms with Crippen LogP contribution in [-0.2, 0) is 4.74 Å². The minimum atomic E-state index is -0.420. The SMILES string of the molecule is CC1CCCC(O)(C2CCOC3(CCCC3)C2)C1C. The molecule has 2 saturated carbocycles. The van der Waals surface area contributed by atoms with Crippen LogP contribution >= 0.6 is 0 Å². The Morgan fingerprint density at radius 1 is 1.00 bits per heavy atom. The van der Waals surface area contributed by atoms with Crippen molar-refractivity contribution in [2.24, 2.45) is 17.8 Å². The Bertz CT molecular complexity index is 321. The third-order valence-electron chi connectivity index (χ3n) is 6.59. The van der Waals surface area contributed by atoms with Crippen LogP contribution < -0.4 is 0 Å². The number of aliphatic hydroxyl groups is 1. The normalized spacial score (nSPS) is 46.6. The van der Waals surface area contributed by atoms with E-state index in [1.165, 1.54) is 38.5 Å². The molecular weight excluding hydrogens is 236 g/mol. The molecular formula is C17H30O2. The van der Waals surface area contributed by atoms with Gasteiger partial charge in [0.1, 0.15) is 0 Å². The van der Waals surface area contributed by atoms with Crippen molar-refractivity contribution in [3.05, 3.63) is 0 Å². The van der Waals surface area contributed by atoms with E-state index in [0.29, 0.717) is 17.8 Å². The molecule has 2 nitrogen and oxygen atoms in total. The van der Waals surface area contributed by atoms with E-state index in [-0.39, 0.29) is 5.60 Å². The molecule has 0 radical (unpaired) electrons. The molecule has 3 fully saturated rings. The predicted octanol–water partition coefficient (Wildman–Crippen LogP) is 3.91. The maximum Gasteiger partial charge on any atom is 0.0705 e. The van der Waals surface area contributed by atoms with Gasteiger partial charge in [-0.15, -0.1) is 0 Å². The molecule has 0 bridgehead atoms. The zero-order valence-electron chi connectivity index (χ0n) is 12.7. The molecule has 0 aromatic rings. The summed E-state index contributed by atoms with van der Waals surface area (Å²) in [6.45, 7) is 5.47. The lowest BCUT2D eigenvalue weighted by atomic mass is 9.61. The molecule has 4 atom stereocenters. The molecule has 0 aromatic heterocycles. The van der Waals surface area contributed by atoms with Crippen LogP contribution in [0.1, 0.15) is 71.6 Å². The molecule has 0 aromatic carbocycles. The second-order valence-electron chi connectivity index (χ2n) is 7.58. The summed E-state index contributed by atoms with van der Waals surface area (Å²) in [7, 11) is 0. The van der Waals surface area contributed by atoms with Gasteiger partial charge < -0.3 is 9.84 Å². The minimum Gasteiger partial charge on any atom is -0.389 e. The average molecular weight is 266 g/mol. The molecule has 1 saturated heterocycles. The van der Waals surface area contributed by atoms with Gasteiger partial charge in [0.15, 0.2) is 0 Å². The van der Waals surface area contributed by atoms with Gasteiger partial charge in [-0.2, -0.15) is 0 Å². The second-order valence-corrected chi connectivity index (χ2v) is 7.58. The molecule has 0 amide bonds. The number of hydrogen-bond donors (Lipinski definition) is 1. The quantitative estimate of drug-likeness (QED) is 0.779. The van der Waals surface area contributed by atoms with Crippen molar-refractivity contribution in [2.75, 3.05) is 6.61 Å². The topological polar surface area (TPSA) is 29.5 Å². The van der Waals surface area contributed by atoms with Crippen LogP contribution in [0.3, 0.4) is 0 Å². The average Bonchev–Trinajstić information content (AvgIpc) is 2.84. The van der Waals surface area contributed by atoms with Gasteiger partial charge in [-0.3, -0.25) is 0 Å². The van der Waals surface area contributed by atoms with Gasteiger partial charge in [-0.25, -0.2) is 0 Å². The highest BCUT2D eigenvalue weighted by atomic mass is 16.5. The fourth-order valence-corrected chi connectivity index (χ4v) is 5.08. The van der Waals surface area contributed by atoms with Crippen LogP contribution in [0.15, 0.2) is 0 Å². The number of ether oxygens (including phenoxy) is 1. The van der Waals surface area contributed by atoms with E-state index in [0.717, 1.165) is 25.9 Å². The molecule has 1 spiro atoms. The monoisotopic (exact) mass is 266 g/mol. The van der Waals surface area contributed by atoms with Gasteiger partial charge in [-0.05, 0) is 49.9 Å². The van der Waals surface area contributed by atoms with Crippen LogP contribution in [0.25, 0.3) is 0 Å². The Hall–Kier alpha value is -0.0800. The number of rotatable bonds is 1. The highest BCUT2D eigenvalue weighted by molar-refractivity contribution is 5.01. The summed E-state index contributed by atoms with van der Waals surface area (Å²) < 4.78 is 6.14.